The van der Waals surface area contributed by atoms with E-state index in [1.807, 2.05) is 11.8 Å². The number of nitrogens with two attached hydrogens (primary N) is 1. The van der Waals surface area contributed by atoms with Crippen LogP contribution >= 0.6 is 11.8 Å². The van der Waals surface area contributed by atoms with Crippen LogP contribution in [-0.4, -0.2) is 47.7 Å². The molecule has 2 aliphatic heterocycles. The minimum Gasteiger partial charge on any atom is -0.442 e. The third-order valence-corrected chi connectivity index (χ3v) is 4.63. The Morgan fingerprint density at radius 2 is 2.38 bits per heavy atom. The van der Waals surface area contributed by atoms with Crippen molar-refractivity contribution in [3.8, 4) is 0 Å². The molecular formula is C11H20N2O2S. The molecular weight excluding hydrogens is 224 g/mol. The first-order valence-corrected chi connectivity index (χ1v) is 7.17. The van der Waals surface area contributed by atoms with E-state index in [1.54, 1.807) is 4.90 Å². The van der Waals surface area contributed by atoms with E-state index in [1.165, 1.54) is 12.2 Å². The molecule has 5 heteroatoms. The van der Waals surface area contributed by atoms with E-state index in [9.17, 15) is 4.79 Å². The molecule has 0 aromatic heterocycles. The van der Waals surface area contributed by atoms with Crippen LogP contribution in [0, 0.1) is 0 Å². The van der Waals surface area contributed by atoms with Gasteiger partial charge in [0.15, 0.2) is 0 Å². The molecule has 2 fully saturated rings. The topological polar surface area (TPSA) is 55.6 Å². The standard InChI is InChI=1S/C11H20N2O2S/c12-5-2-6-13-7-4-11(15-10(13)14)3-1-8-16-9-11/h1-9,12H2. The lowest BCUT2D eigenvalue weighted by Gasteiger charge is -2.43. The number of hydrogen-bond donors (Lipinski definition) is 1. The second-order valence-corrected chi connectivity index (χ2v) is 5.69. The van der Waals surface area contributed by atoms with E-state index in [0.717, 1.165) is 38.1 Å². The lowest BCUT2D eigenvalue weighted by molar-refractivity contribution is -0.0401. The maximum atomic E-state index is 11.8. The molecule has 0 saturated carbocycles. The van der Waals surface area contributed by atoms with Crippen LogP contribution in [-0.2, 0) is 4.74 Å². The normalized spacial score (nSPS) is 30.6. The van der Waals surface area contributed by atoms with Crippen molar-refractivity contribution in [3.63, 3.8) is 0 Å². The van der Waals surface area contributed by atoms with Crippen molar-refractivity contribution in [1.82, 2.24) is 4.90 Å². The quantitative estimate of drug-likeness (QED) is 0.816. The highest BCUT2D eigenvalue weighted by Crippen LogP contribution is 2.36. The molecule has 0 aromatic rings. The molecule has 0 aromatic carbocycles. The van der Waals surface area contributed by atoms with Gasteiger partial charge in [-0.25, -0.2) is 4.79 Å². The van der Waals surface area contributed by atoms with Gasteiger partial charge < -0.3 is 15.4 Å². The first kappa shape index (κ1) is 12.0. The van der Waals surface area contributed by atoms with Gasteiger partial charge in [0.05, 0.1) is 0 Å². The Kier molecular flexibility index (Phi) is 3.97. The van der Waals surface area contributed by atoms with E-state index in [0.29, 0.717) is 6.54 Å². The highest BCUT2D eigenvalue weighted by molar-refractivity contribution is 7.99. The third-order valence-electron chi connectivity index (χ3n) is 3.32. The first-order chi connectivity index (χ1) is 7.76. The molecule has 1 spiro atoms. The second kappa shape index (κ2) is 5.27. The molecule has 16 heavy (non-hydrogen) atoms. The van der Waals surface area contributed by atoms with Gasteiger partial charge in [-0.2, -0.15) is 11.8 Å². The minimum absolute atomic E-state index is 0.137. The van der Waals surface area contributed by atoms with Gasteiger partial charge in [-0.05, 0) is 31.6 Å². The number of ether oxygens (including phenoxy) is 1. The summed E-state index contributed by atoms with van der Waals surface area (Å²) in [4.78, 5) is 13.6. The average molecular weight is 244 g/mol. The van der Waals surface area contributed by atoms with E-state index in [2.05, 4.69) is 0 Å². The molecule has 1 atom stereocenters. The summed E-state index contributed by atoms with van der Waals surface area (Å²) < 4.78 is 5.65. The van der Waals surface area contributed by atoms with E-state index in [-0.39, 0.29) is 11.7 Å². The van der Waals surface area contributed by atoms with Crippen molar-refractivity contribution in [3.05, 3.63) is 0 Å². The molecule has 1 amide bonds. The maximum Gasteiger partial charge on any atom is 0.410 e. The molecule has 1 unspecified atom stereocenters. The van der Waals surface area contributed by atoms with Crippen molar-refractivity contribution in [2.24, 2.45) is 5.73 Å². The van der Waals surface area contributed by atoms with Crippen LogP contribution in [0.1, 0.15) is 25.7 Å². The molecule has 2 heterocycles. The van der Waals surface area contributed by atoms with E-state index < -0.39 is 0 Å². The molecule has 4 nitrogen and oxygen atoms in total. The smallest absolute Gasteiger partial charge is 0.410 e. The molecule has 0 bridgehead atoms. The van der Waals surface area contributed by atoms with Crippen LogP contribution in [0.5, 0.6) is 0 Å². The molecule has 2 aliphatic rings. The SMILES string of the molecule is NCCCN1CCC2(CCCSC2)OC1=O. The second-order valence-electron chi connectivity index (χ2n) is 4.59. The summed E-state index contributed by atoms with van der Waals surface area (Å²) in [5.41, 5.74) is 5.29. The Bertz CT molecular complexity index is 254. The number of hydrogen-bond acceptors (Lipinski definition) is 4. The van der Waals surface area contributed by atoms with Gasteiger partial charge in [0.25, 0.3) is 0 Å². The lowest BCUT2D eigenvalue weighted by Crippen LogP contribution is -2.52. The van der Waals surface area contributed by atoms with Crippen molar-refractivity contribution in [2.45, 2.75) is 31.3 Å². The van der Waals surface area contributed by atoms with Crippen LogP contribution in [0.4, 0.5) is 4.79 Å². The predicted octanol–water partition coefficient (Wildman–Crippen LogP) is 1.44. The van der Waals surface area contributed by atoms with Crippen molar-refractivity contribution in [2.75, 3.05) is 31.1 Å². The van der Waals surface area contributed by atoms with Crippen LogP contribution in [0.25, 0.3) is 0 Å². The average Bonchev–Trinajstić information content (AvgIpc) is 2.29. The van der Waals surface area contributed by atoms with Gasteiger partial charge in [0, 0.05) is 25.3 Å². The van der Waals surface area contributed by atoms with Gasteiger partial charge in [0.1, 0.15) is 5.60 Å². The Balaban J connectivity index is 1.88. The molecule has 0 aliphatic carbocycles. The summed E-state index contributed by atoms with van der Waals surface area (Å²) in [5.74, 6) is 2.18. The fourth-order valence-electron chi connectivity index (χ4n) is 2.32. The van der Waals surface area contributed by atoms with Gasteiger partial charge in [0.2, 0.25) is 0 Å². The van der Waals surface area contributed by atoms with Crippen LogP contribution in [0.3, 0.4) is 0 Å². The van der Waals surface area contributed by atoms with E-state index in [4.69, 9.17) is 10.5 Å². The summed E-state index contributed by atoms with van der Waals surface area (Å²) in [5, 5.41) is 0. The minimum atomic E-state index is -0.154. The Hall–Kier alpha value is -0.420. The summed E-state index contributed by atoms with van der Waals surface area (Å²) in [6.07, 6.45) is 3.91. The molecule has 2 N–H and O–H groups in total. The Morgan fingerprint density at radius 3 is 3.00 bits per heavy atom. The van der Waals surface area contributed by atoms with Crippen molar-refractivity contribution >= 4 is 17.9 Å². The summed E-state index contributed by atoms with van der Waals surface area (Å²) in [7, 11) is 0. The van der Waals surface area contributed by atoms with Crippen LogP contribution in [0.2, 0.25) is 0 Å². The van der Waals surface area contributed by atoms with Gasteiger partial charge in [-0.15, -0.1) is 0 Å². The number of thioether (sulfide) groups is 1. The molecule has 2 saturated heterocycles. The molecule has 0 radical (unpaired) electrons. The number of rotatable bonds is 3. The molecule has 92 valence electrons. The third kappa shape index (κ3) is 2.63. The van der Waals surface area contributed by atoms with Crippen molar-refractivity contribution < 1.29 is 9.53 Å². The van der Waals surface area contributed by atoms with E-state index >= 15 is 0 Å². The fraction of sp³-hybridized carbons (Fsp3) is 0.909. The summed E-state index contributed by atoms with van der Waals surface area (Å²) in [6, 6.07) is 0. The zero-order valence-electron chi connectivity index (χ0n) is 9.61. The lowest BCUT2D eigenvalue weighted by atomic mass is 9.94. The van der Waals surface area contributed by atoms with Gasteiger partial charge >= 0.3 is 6.09 Å². The molecule has 2 rings (SSSR count). The zero-order valence-corrected chi connectivity index (χ0v) is 10.4. The Labute approximate surface area is 101 Å². The van der Waals surface area contributed by atoms with Crippen LogP contribution in [0.15, 0.2) is 0 Å². The number of carbonyl (C=O) groups is 1. The van der Waals surface area contributed by atoms with Gasteiger partial charge in [-0.3, -0.25) is 0 Å². The fourth-order valence-corrected chi connectivity index (χ4v) is 3.53. The van der Waals surface area contributed by atoms with Crippen LogP contribution < -0.4 is 5.73 Å². The highest BCUT2D eigenvalue weighted by atomic mass is 32.2. The first-order valence-electron chi connectivity index (χ1n) is 6.01. The Morgan fingerprint density at radius 1 is 1.50 bits per heavy atom. The highest BCUT2D eigenvalue weighted by Gasteiger charge is 2.41. The number of carbonyl (C=O) groups excluding carboxylic acids is 1. The largest absolute Gasteiger partial charge is 0.442 e. The number of nitrogens with zero attached hydrogens (tertiary/aromatic N) is 1. The maximum absolute atomic E-state index is 11.8. The van der Waals surface area contributed by atoms with Crippen molar-refractivity contribution in [1.29, 1.82) is 0 Å². The zero-order chi connectivity index (χ0) is 11.4. The van der Waals surface area contributed by atoms with Gasteiger partial charge in [-0.1, -0.05) is 0 Å². The number of amides is 1. The predicted molar refractivity (Wildman–Crippen MR) is 65.6 cm³/mol. The summed E-state index contributed by atoms with van der Waals surface area (Å²) >= 11 is 1.91. The monoisotopic (exact) mass is 244 g/mol. The summed E-state index contributed by atoms with van der Waals surface area (Å²) in [6.45, 7) is 2.20.